The molecule has 1 saturated heterocycles. The molecule has 1 fully saturated rings. The highest BCUT2D eigenvalue weighted by molar-refractivity contribution is 5.99. The van der Waals surface area contributed by atoms with Gasteiger partial charge in [0.25, 0.3) is 5.91 Å². The molecule has 1 N–H and O–H groups in total. The number of likely N-dealkylation sites (tertiary alicyclic amines) is 1. The van der Waals surface area contributed by atoms with Gasteiger partial charge in [-0.15, -0.1) is 0 Å². The standard InChI is InChI=1S/C15H24N4O/c1-11-9-14(16-2)13(10-17-11)15(20)19(4)12-5-7-18(3)8-6-12/h9-10,12H,5-8H2,1-4H3,(H,16,17). The van der Waals surface area contributed by atoms with Crippen LogP contribution < -0.4 is 5.32 Å². The number of hydrogen-bond donors (Lipinski definition) is 1. The van der Waals surface area contributed by atoms with Crippen LogP contribution in [0.25, 0.3) is 0 Å². The summed E-state index contributed by atoms with van der Waals surface area (Å²) in [5, 5.41) is 3.09. The summed E-state index contributed by atoms with van der Waals surface area (Å²) in [6, 6.07) is 2.24. The molecule has 2 heterocycles. The Kier molecular flexibility index (Phi) is 4.60. The van der Waals surface area contributed by atoms with Crippen molar-refractivity contribution in [3.05, 3.63) is 23.5 Å². The van der Waals surface area contributed by atoms with Gasteiger partial charge in [-0.3, -0.25) is 9.78 Å². The molecule has 0 bridgehead atoms. The molecule has 5 heteroatoms. The molecule has 0 radical (unpaired) electrons. The fourth-order valence-electron chi connectivity index (χ4n) is 2.68. The lowest BCUT2D eigenvalue weighted by atomic mass is 10.0. The van der Waals surface area contributed by atoms with Crippen LogP contribution in [0, 0.1) is 6.92 Å². The quantitative estimate of drug-likeness (QED) is 0.911. The van der Waals surface area contributed by atoms with Gasteiger partial charge in [-0.05, 0) is 46.0 Å². The van der Waals surface area contributed by atoms with Crippen LogP contribution in [0.1, 0.15) is 28.9 Å². The van der Waals surface area contributed by atoms with Crippen LogP contribution >= 0.6 is 0 Å². The molecule has 0 spiro atoms. The fourth-order valence-corrected chi connectivity index (χ4v) is 2.68. The average Bonchev–Trinajstić information content (AvgIpc) is 2.46. The number of nitrogens with one attached hydrogen (secondary N) is 1. The number of hydrogen-bond acceptors (Lipinski definition) is 4. The number of carbonyl (C=O) groups excluding carboxylic acids is 1. The molecule has 0 aliphatic carbocycles. The van der Waals surface area contributed by atoms with Gasteiger partial charge in [0.2, 0.25) is 0 Å². The number of piperidine rings is 1. The molecule has 1 amide bonds. The first-order valence-corrected chi connectivity index (χ1v) is 7.13. The first kappa shape index (κ1) is 14.8. The molecular formula is C15H24N4O. The minimum absolute atomic E-state index is 0.0522. The predicted molar refractivity (Wildman–Crippen MR) is 81.1 cm³/mol. The summed E-state index contributed by atoms with van der Waals surface area (Å²) in [6.07, 6.45) is 3.74. The van der Waals surface area contributed by atoms with Crippen LogP contribution in [-0.2, 0) is 0 Å². The number of aryl methyl sites for hydroxylation is 1. The van der Waals surface area contributed by atoms with E-state index in [9.17, 15) is 4.79 Å². The van der Waals surface area contributed by atoms with Crippen molar-refractivity contribution in [2.45, 2.75) is 25.8 Å². The molecule has 0 unspecified atom stereocenters. The van der Waals surface area contributed by atoms with Crippen molar-refractivity contribution in [3.63, 3.8) is 0 Å². The van der Waals surface area contributed by atoms with E-state index in [0.717, 1.165) is 37.3 Å². The van der Waals surface area contributed by atoms with Gasteiger partial charge in [0, 0.05) is 32.0 Å². The normalized spacial score (nSPS) is 17.0. The van der Waals surface area contributed by atoms with Crippen LogP contribution in [0.15, 0.2) is 12.3 Å². The third kappa shape index (κ3) is 3.10. The molecule has 1 aromatic heterocycles. The molecule has 0 atom stereocenters. The Balaban J connectivity index is 2.14. The lowest BCUT2D eigenvalue weighted by Crippen LogP contribution is -2.44. The molecule has 1 aliphatic heterocycles. The van der Waals surface area contributed by atoms with Crippen LogP contribution in [0.5, 0.6) is 0 Å². The monoisotopic (exact) mass is 276 g/mol. The zero-order valence-corrected chi connectivity index (χ0v) is 12.8. The summed E-state index contributed by atoms with van der Waals surface area (Å²) < 4.78 is 0. The van der Waals surface area contributed by atoms with E-state index < -0.39 is 0 Å². The van der Waals surface area contributed by atoms with Crippen molar-refractivity contribution < 1.29 is 4.79 Å². The third-order valence-electron chi connectivity index (χ3n) is 4.10. The van der Waals surface area contributed by atoms with Gasteiger partial charge in [0.1, 0.15) is 0 Å². The van der Waals surface area contributed by atoms with E-state index in [1.54, 1.807) is 6.20 Å². The van der Waals surface area contributed by atoms with Gasteiger partial charge in [-0.2, -0.15) is 0 Å². The van der Waals surface area contributed by atoms with Crippen molar-refractivity contribution in [2.24, 2.45) is 0 Å². The Labute approximate surface area is 121 Å². The van der Waals surface area contributed by atoms with Gasteiger partial charge in [-0.1, -0.05) is 0 Å². The van der Waals surface area contributed by atoms with E-state index >= 15 is 0 Å². The van der Waals surface area contributed by atoms with Crippen LogP contribution in [0.4, 0.5) is 5.69 Å². The van der Waals surface area contributed by atoms with E-state index in [1.165, 1.54) is 0 Å². The molecule has 5 nitrogen and oxygen atoms in total. The Hall–Kier alpha value is -1.62. The number of carbonyl (C=O) groups is 1. The van der Waals surface area contributed by atoms with Crippen molar-refractivity contribution in [1.82, 2.24) is 14.8 Å². The molecule has 1 aromatic rings. The lowest BCUT2D eigenvalue weighted by Gasteiger charge is -2.35. The fraction of sp³-hybridized carbons (Fsp3) is 0.600. The second kappa shape index (κ2) is 6.22. The maximum Gasteiger partial charge on any atom is 0.257 e. The molecule has 1 aliphatic rings. The second-order valence-corrected chi connectivity index (χ2v) is 5.57. The summed E-state index contributed by atoms with van der Waals surface area (Å²) in [4.78, 5) is 21.1. The molecule has 20 heavy (non-hydrogen) atoms. The summed E-state index contributed by atoms with van der Waals surface area (Å²) in [5.74, 6) is 0.0522. The first-order chi connectivity index (χ1) is 9.52. The highest BCUT2D eigenvalue weighted by atomic mass is 16.2. The summed E-state index contributed by atoms with van der Waals surface area (Å²) in [6.45, 7) is 4.02. The lowest BCUT2D eigenvalue weighted by molar-refractivity contribution is 0.0660. The Morgan fingerprint density at radius 1 is 1.45 bits per heavy atom. The zero-order chi connectivity index (χ0) is 14.7. The smallest absolute Gasteiger partial charge is 0.257 e. The van der Waals surface area contributed by atoms with Crippen LogP contribution in [0.3, 0.4) is 0 Å². The number of anilines is 1. The predicted octanol–water partition coefficient (Wildman–Crippen LogP) is 1.60. The summed E-state index contributed by atoms with van der Waals surface area (Å²) in [5.41, 5.74) is 2.41. The van der Waals surface area contributed by atoms with E-state index in [2.05, 4.69) is 22.2 Å². The SMILES string of the molecule is CNc1cc(C)ncc1C(=O)N(C)C1CCN(C)CC1. The van der Waals surface area contributed by atoms with Gasteiger partial charge in [0.15, 0.2) is 0 Å². The minimum Gasteiger partial charge on any atom is -0.387 e. The molecule has 110 valence electrons. The average molecular weight is 276 g/mol. The topological polar surface area (TPSA) is 48.5 Å². The van der Waals surface area contributed by atoms with E-state index in [0.29, 0.717) is 11.6 Å². The second-order valence-electron chi connectivity index (χ2n) is 5.57. The first-order valence-electron chi connectivity index (χ1n) is 7.13. The summed E-state index contributed by atoms with van der Waals surface area (Å²) >= 11 is 0. The Bertz CT molecular complexity index is 481. The number of rotatable bonds is 3. The van der Waals surface area contributed by atoms with Gasteiger partial charge in [-0.25, -0.2) is 0 Å². The maximum atomic E-state index is 12.6. The molecular weight excluding hydrogens is 252 g/mol. The molecule has 2 rings (SSSR count). The highest BCUT2D eigenvalue weighted by Gasteiger charge is 2.26. The van der Waals surface area contributed by atoms with Gasteiger partial charge < -0.3 is 15.1 Å². The number of pyridine rings is 1. The van der Waals surface area contributed by atoms with Gasteiger partial charge in [0.05, 0.1) is 11.3 Å². The molecule has 0 aromatic carbocycles. The van der Waals surface area contributed by atoms with E-state index in [4.69, 9.17) is 0 Å². The van der Waals surface area contributed by atoms with Crippen molar-refractivity contribution >= 4 is 11.6 Å². The van der Waals surface area contributed by atoms with Crippen molar-refractivity contribution in [2.75, 3.05) is 39.5 Å². The molecule has 0 saturated carbocycles. The zero-order valence-electron chi connectivity index (χ0n) is 12.8. The minimum atomic E-state index is 0.0522. The van der Waals surface area contributed by atoms with E-state index in [-0.39, 0.29) is 5.91 Å². The Morgan fingerprint density at radius 3 is 2.70 bits per heavy atom. The van der Waals surface area contributed by atoms with Crippen LogP contribution in [0.2, 0.25) is 0 Å². The maximum absolute atomic E-state index is 12.6. The third-order valence-corrected chi connectivity index (χ3v) is 4.10. The van der Waals surface area contributed by atoms with Gasteiger partial charge >= 0.3 is 0 Å². The van der Waals surface area contributed by atoms with E-state index in [1.807, 2.05) is 32.0 Å². The largest absolute Gasteiger partial charge is 0.387 e. The van der Waals surface area contributed by atoms with Crippen molar-refractivity contribution in [3.8, 4) is 0 Å². The van der Waals surface area contributed by atoms with Crippen molar-refractivity contribution in [1.29, 1.82) is 0 Å². The highest BCUT2D eigenvalue weighted by Crippen LogP contribution is 2.21. The number of nitrogens with zero attached hydrogens (tertiary/aromatic N) is 3. The Morgan fingerprint density at radius 2 is 2.10 bits per heavy atom. The number of amides is 1. The summed E-state index contributed by atoms with van der Waals surface area (Å²) in [7, 11) is 5.86. The van der Waals surface area contributed by atoms with Crippen LogP contribution in [-0.4, -0.2) is 61.0 Å². The number of aromatic nitrogens is 1.